The van der Waals surface area contributed by atoms with Crippen molar-refractivity contribution in [1.82, 2.24) is 10.3 Å². The standard InChI is InChI=1S/C13H19N3O3/c1-9(15-12(18)19-13(2,3)4)11(17)16-10-7-5-6-8-14-10/h5-9H,1-4H3,(H,15,18)(H,14,16,17). The fraction of sp³-hybridized carbons (Fsp3) is 0.462. The summed E-state index contributed by atoms with van der Waals surface area (Å²) >= 11 is 0. The van der Waals surface area contributed by atoms with E-state index in [2.05, 4.69) is 15.6 Å². The summed E-state index contributed by atoms with van der Waals surface area (Å²) in [7, 11) is 0. The van der Waals surface area contributed by atoms with Crippen LogP contribution in [0.1, 0.15) is 27.7 Å². The molecule has 0 aromatic carbocycles. The number of hydrogen-bond acceptors (Lipinski definition) is 4. The first-order valence-corrected chi connectivity index (χ1v) is 5.99. The fourth-order valence-corrected chi connectivity index (χ4v) is 1.22. The summed E-state index contributed by atoms with van der Waals surface area (Å²) in [5.74, 6) is 0.0786. The van der Waals surface area contributed by atoms with Crippen LogP contribution in [0.3, 0.4) is 0 Å². The van der Waals surface area contributed by atoms with Crippen molar-refractivity contribution in [2.75, 3.05) is 5.32 Å². The lowest BCUT2D eigenvalue weighted by atomic mass is 10.2. The molecule has 0 radical (unpaired) electrons. The smallest absolute Gasteiger partial charge is 0.408 e. The van der Waals surface area contributed by atoms with Gasteiger partial charge in [0, 0.05) is 6.20 Å². The van der Waals surface area contributed by atoms with E-state index in [-0.39, 0.29) is 5.91 Å². The Morgan fingerprint density at radius 3 is 2.53 bits per heavy atom. The van der Waals surface area contributed by atoms with Gasteiger partial charge in [0.05, 0.1) is 0 Å². The van der Waals surface area contributed by atoms with Crippen LogP contribution in [0.2, 0.25) is 0 Å². The van der Waals surface area contributed by atoms with Gasteiger partial charge in [0.25, 0.3) is 0 Å². The Balaban J connectivity index is 2.47. The molecule has 0 aliphatic carbocycles. The largest absolute Gasteiger partial charge is 0.444 e. The summed E-state index contributed by atoms with van der Waals surface area (Å²) in [5, 5.41) is 5.05. The van der Waals surface area contributed by atoms with Crippen molar-refractivity contribution in [2.24, 2.45) is 0 Å². The molecule has 6 nitrogen and oxygen atoms in total. The minimum absolute atomic E-state index is 0.357. The van der Waals surface area contributed by atoms with Crippen molar-refractivity contribution in [3.05, 3.63) is 24.4 Å². The van der Waals surface area contributed by atoms with Crippen LogP contribution in [0.25, 0.3) is 0 Å². The number of alkyl carbamates (subject to hydrolysis) is 1. The molecule has 2 amide bonds. The van der Waals surface area contributed by atoms with Crippen LogP contribution in [-0.4, -0.2) is 28.6 Å². The van der Waals surface area contributed by atoms with Crippen molar-refractivity contribution in [3.8, 4) is 0 Å². The molecule has 6 heteroatoms. The highest BCUT2D eigenvalue weighted by molar-refractivity contribution is 5.95. The Kier molecular flexibility index (Phi) is 4.86. The number of aromatic nitrogens is 1. The molecule has 19 heavy (non-hydrogen) atoms. The molecule has 0 bridgehead atoms. The molecule has 1 unspecified atom stereocenters. The van der Waals surface area contributed by atoms with E-state index in [4.69, 9.17) is 4.74 Å². The van der Waals surface area contributed by atoms with Crippen LogP contribution >= 0.6 is 0 Å². The van der Waals surface area contributed by atoms with Crippen molar-refractivity contribution in [2.45, 2.75) is 39.3 Å². The second-order valence-electron chi connectivity index (χ2n) is 5.07. The molecule has 1 heterocycles. The lowest BCUT2D eigenvalue weighted by Crippen LogP contribution is -2.44. The van der Waals surface area contributed by atoms with Crippen molar-refractivity contribution in [3.63, 3.8) is 0 Å². The van der Waals surface area contributed by atoms with Crippen molar-refractivity contribution in [1.29, 1.82) is 0 Å². The first-order chi connectivity index (χ1) is 8.78. The minimum Gasteiger partial charge on any atom is -0.444 e. The molecule has 2 N–H and O–H groups in total. The highest BCUT2D eigenvalue weighted by Crippen LogP contribution is 2.07. The summed E-state index contributed by atoms with van der Waals surface area (Å²) in [6, 6.07) is 4.46. The molecule has 0 saturated heterocycles. The Morgan fingerprint density at radius 1 is 1.32 bits per heavy atom. The Morgan fingerprint density at radius 2 is 2.00 bits per heavy atom. The number of nitrogens with one attached hydrogen (secondary N) is 2. The highest BCUT2D eigenvalue weighted by atomic mass is 16.6. The first kappa shape index (κ1) is 14.9. The third-order valence-electron chi connectivity index (χ3n) is 2.04. The van der Waals surface area contributed by atoms with Gasteiger partial charge in [-0.25, -0.2) is 9.78 Å². The average Bonchev–Trinajstić information content (AvgIpc) is 2.27. The van der Waals surface area contributed by atoms with E-state index >= 15 is 0 Å². The van der Waals surface area contributed by atoms with Crippen LogP contribution < -0.4 is 10.6 Å². The van der Waals surface area contributed by atoms with Crippen molar-refractivity contribution < 1.29 is 14.3 Å². The monoisotopic (exact) mass is 265 g/mol. The Labute approximate surface area is 112 Å². The molecule has 1 atom stereocenters. The van der Waals surface area contributed by atoms with E-state index in [1.165, 1.54) is 0 Å². The summed E-state index contributed by atoms with van der Waals surface area (Å²) in [5.41, 5.74) is -0.596. The van der Waals surface area contributed by atoms with Crippen LogP contribution in [-0.2, 0) is 9.53 Å². The predicted octanol–water partition coefficient (Wildman–Crippen LogP) is 1.93. The molecule has 0 saturated carbocycles. The van der Waals surface area contributed by atoms with E-state index in [0.29, 0.717) is 5.82 Å². The lowest BCUT2D eigenvalue weighted by molar-refractivity contribution is -0.117. The van der Waals surface area contributed by atoms with Gasteiger partial charge in [-0.2, -0.15) is 0 Å². The van der Waals surface area contributed by atoms with Gasteiger partial charge in [-0.05, 0) is 39.8 Å². The van der Waals surface area contributed by atoms with Crippen LogP contribution in [0.4, 0.5) is 10.6 Å². The van der Waals surface area contributed by atoms with Crippen LogP contribution in [0.5, 0.6) is 0 Å². The fourth-order valence-electron chi connectivity index (χ4n) is 1.22. The van der Waals surface area contributed by atoms with Crippen LogP contribution in [0.15, 0.2) is 24.4 Å². The zero-order chi connectivity index (χ0) is 14.5. The molecular formula is C13H19N3O3. The molecule has 0 fully saturated rings. The second kappa shape index (κ2) is 6.17. The van der Waals surface area contributed by atoms with Gasteiger partial charge in [-0.1, -0.05) is 6.07 Å². The molecule has 104 valence electrons. The number of hydrogen-bond donors (Lipinski definition) is 2. The average molecular weight is 265 g/mol. The molecule has 1 rings (SSSR count). The van der Waals surface area contributed by atoms with E-state index in [1.54, 1.807) is 52.1 Å². The maximum atomic E-state index is 11.8. The van der Waals surface area contributed by atoms with Gasteiger partial charge in [0.1, 0.15) is 17.5 Å². The first-order valence-electron chi connectivity index (χ1n) is 5.99. The molecule has 0 spiro atoms. The summed E-state index contributed by atoms with van der Waals surface area (Å²) in [4.78, 5) is 27.3. The molecule has 1 aromatic rings. The zero-order valence-electron chi connectivity index (χ0n) is 11.6. The van der Waals surface area contributed by atoms with E-state index < -0.39 is 17.7 Å². The van der Waals surface area contributed by atoms with Crippen LogP contribution in [0, 0.1) is 0 Å². The number of ether oxygens (including phenoxy) is 1. The Hall–Kier alpha value is -2.11. The SMILES string of the molecule is CC(NC(=O)OC(C)(C)C)C(=O)Nc1ccccn1. The second-order valence-corrected chi connectivity index (χ2v) is 5.07. The number of amides is 2. The molecule has 0 aliphatic rings. The summed E-state index contributed by atoms with van der Waals surface area (Å²) in [6.45, 7) is 6.84. The molecular weight excluding hydrogens is 246 g/mol. The normalized spacial score (nSPS) is 12.4. The van der Waals surface area contributed by atoms with Gasteiger partial charge in [-0.3, -0.25) is 4.79 Å². The van der Waals surface area contributed by atoms with E-state index in [9.17, 15) is 9.59 Å². The number of carbonyl (C=O) groups excluding carboxylic acids is 2. The number of pyridine rings is 1. The van der Waals surface area contributed by atoms with E-state index in [1.807, 2.05) is 0 Å². The maximum Gasteiger partial charge on any atom is 0.408 e. The quantitative estimate of drug-likeness (QED) is 0.875. The van der Waals surface area contributed by atoms with Gasteiger partial charge in [0.2, 0.25) is 5.91 Å². The number of anilines is 1. The van der Waals surface area contributed by atoms with E-state index in [0.717, 1.165) is 0 Å². The zero-order valence-corrected chi connectivity index (χ0v) is 11.6. The third-order valence-corrected chi connectivity index (χ3v) is 2.04. The number of nitrogens with zero attached hydrogens (tertiary/aromatic N) is 1. The van der Waals surface area contributed by atoms with Gasteiger partial charge in [0.15, 0.2) is 0 Å². The molecule has 0 aliphatic heterocycles. The van der Waals surface area contributed by atoms with Gasteiger partial charge < -0.3 is 15.4 Å². The van der Waals surface area contributed by atoms with Gasteiger partial charge in [-0.15, -0.1) is 0 Å². The summed E-state index contributed by atoms with van der Waals surface area (Å²) in [6.07, 6.45) is 0.942. The highest BCUT2D eigenvalue weighted by Gasteiger charge is 2.21. The maximum absolute atomic E-state index is 11.8. The van der Waals surface area contributed by atoms with Crippen molar-refractivity contribution >= 4 is 17.8 Å². The minimum atomic E-state index is -0.711. The topological polar surface area (TPSA) is 80.3 Å². The number of rotatable bonds is 3. The summed E-state index contributed by atoms with van der Waals surface area (Å²) < 4.78 is 5.06. The predicted molar refractivity (Wildman–Crippen MR) is 71.7 cm³/mol. The lowest BCUT2D eigenvalue weighted by Gasteiger charge is -2.21. The number of carbonyl (C=O) groups is 2. The molecule has 1 aromatic heterocycles. The van der Waals surface area contributed by atoms with Gasteiger partial charge >= 0.3 is 6.09 Å². The third kappa shape index (κ3) is 5.85. The Bertz CT molecular complexity index is 440.